The van der Waals surface area contributed by atoms with Crippen LogP contribution in [0, 0.1) is 0 Å². The number of Topliss-reactive ketones (excluding diaryl/α,β-unsaturated/α-hetero) is 1. The highest BCUT2D eigenvalue weighted by molar-refractivity contribution is 5.95. The lowest BCUT2D eigenvalue weighted by molar-refractivity contribution is 0.0697. The number of nitrogens with zero attached hydrogens (tertiary/aromatic N) is 4. The molecule has 2 aromatic heterocycles. The first-order valence-corrected chi connectivity index (χ1v) is 10.8. The van der Waals surface area contributed by atoms with Crippen molar-refractivity contribution in [2.45, 2.75) is 32.7 Å². The van der Waals surface area contributed by atoms with Gasteiger partial charge in [-0.3, -0.25) is 9.78 Å². The lowest BCUT2D eigenvalue weighted by Crippen LogP contribution is -2.08. The molecule has 166 valence electrons. The molecular weight excluding hydrogens is 416 g/mol. The average molecular weight is 441 g/mol. The van der Waals surface area contributed by atoms with Crippen LogP contribution in [-0.2, 0) is 19.4 Å². The van der Waals surface area contributed by atoms with Crippen LogP contribution in [0.1, 0.15) is 51.3 Å². The van der Waals surface area contributed by atoms with Crippen molar-refractivity contribution in [1.82, 2.24) is 19.7 Å². The minimum atomic E-state index is -1.01. The number of hydrogen-bond donors (Lipinski definition) is 1. The van der Waals surface area contributed by atoms with E-state index in [-0.39, 0.29) is 23.6 Å². The molecule has 0 aliphatic carbocycles. The van der Waals surface area contributed by atoms with Gasteiger partial charge >= 0.3 is 5.97 Å². The van der Waals surface area contributed by atoms with Crippen LogP contribution in [-0.4, -0.2) is 36.6 Å². The fourth-order valence-electron chi connectivity index (χ4n) is 3.68. The van der Waals surface area contributed by atoms with E-state index in [0.717, 1.165) is 28.9 Å². The summed E-state index contributed by atoms with van der Waals surface area (Å²) in [5.74, 6) is -0.146. The molecule has 0 radical (unpaired) electrons. The summed E-state index contributed by atoms with van der Waals surface area (Å²) < 4.78 is 1.80. The van der Waals surface area contributed by atoms with Gasteiger partial charge in [0.05, 0.1) is 5.56 Å². The van der Waals surface area contributed by atoms with Gasteiger partial charge in [-0.1, -0.05) is 61.5 Å². The van der Waals surface area contributed by atoms with Crippen molar-refractivity contribution in [3.8, 4) is 11.1 Å². The number of carbonyl (C=O) groups excluding carboxylic acids is 1. The van der Waals surface area contributed by atoms with Gasteiger partial charge in [-0.15, -0.1) is 5.10 Å². The summed E-state index contributed by atoms with van der Waals surface area (Å²) in [6.07, 6.45) is 4.60. The molecule has 0 bridgehead atoms. The van der Waals surface area contributed by atoms with Gasteiger partial charge in [0, 0.05) is 31.8 Å². The second-order valence-corrected chi connectivity index (χ2v) is 7.76. The number of hydrogen-bond acceptors (Lipinski definition) is 5. The Morgan fingerprint density at radius 1 is 0.970 bits per heavy atom. The summed E-state index contributed by atoms with van der Waals surface area (Å²) in [6.45, 7) is 2.73. The van der Waals surface area contributed by atoms with E-state index in [1.165, 1.54) is 6.20 Å². The molecule has 1 N–H and O–H groups in total. The monoisotopic (exact) mass is 440 g/mol. The van der Waals surface area contributed by atoms with Gasteiger partial charge in [0.1, 0.15) is 5.82 Å². The SMILES string of the molecule is CCCn1nc(C(=O)Cc2ccccc2)nc1Cc1ccc(-c2ccncc2C(=O)O)cc1. The Hall–Kier alpha value is -4.13. The van der Waals surface area contributed by atoms with Crippen LogP contribution in [0.4, 0.5) is 0 Å². The second kappa shape index (κ2) is 9.99. The molecule has 0 aliphatic heterocycles. The van der Waals surface area contributed by atoms with Crippen molar-refractivity contribution in [1.29, 1.82) is 0 Å². The number of carboxylic acids is 1. The Bertz CT molecular complexity index is 1260. The molecule has 0 unspecified atom stereocenters. The molecule has 0 saturated heterocycles. The average Bonchev–Trinajstić information content (AvgIpc) is 3.23. The molecule has 0 atom stereocenters. The van der Waals surface area contributed by atoms with E-state index < -0.39 is 5.97 Å². The molecule has 2 heterocycles. The number of pyridine rings is 1. The van der Waals surface area contributed by atoms with Gasteiger partial charge < -0.3 is 5.11 Å². The second-order valence-electron chi connectivity index (χ2n) is 7.76. The van der Waals surface area contributed by atoms with Crippen molar-refractivity contribution in [3.63, 3.8) is 0 Å². The van der Waals surface area contributed by atoms with Gasteiger partial charge in [0.2, 0.25) is 11.6 Å². The number of ketones is 1. The summed E-state index contributed by atoms with van der Waals surface area (Å²) in [4.78, 5) is 32.7. The minimum absolute atomic E-state index is 0.105. The van der Waals surface area contributed by atoms with Crippen LogP contribution in [0.15, 0.2) is 73.1 Å². The van der Waals surface area contributed by atoms with Crippen LogP contribution in [0.2, 0.25) is 0 Å². The van der Waals surface area contributed by atoms with Crippen molar-refractivity contribution in [2.24, 2.45) is 0 Å². The lowest BCUT2D eigenvalue weighted by Gasteiger charge is -2.08. The fourth-order valence-corrected chi connectivity index (χ4v) is 3.68. The van der Waals surface area contributed by atoms with Gasteiger partial charge in [-0.25, -0.2) is 14.5 Å². The molecule has 7 nitrogen and oxygen atoms in total. The highest BCUT2D eigenvalue weighted by atomic mass is 16.4. The predicted octanol–water partition coefficient (Wildman–Crippen LogP) is 4.46. The van der Waals surface area contributed by atoms with E-state index >= 15 is 0 Å². The molecule has 0 aliphatic rings. The molecule has 0 saturated carbocycles. The number of aromatic carboxylic acids is 1. The summed E-state index contributed by atoms with van der Waals surface area (Å²) >= 11 is 0. The van der Waals surface area contributed by atoms with Crippen molar-refractivity contribution < 1.29 is 14.7 Å². The summed E-state index contributed by atoms with van der Waals surface area (Å²) in [6, 6.07) is 18.9. The van der Waals surface area contributed by atoms with Crippen LogP contribution in [0.3, 0.4) is 0 Å². The highest BCUT2D eigenvalue weighted by Crippen LogP contribution is 2.24. The smallest absolute Gasteiger partial charge is 0.337 e. The third-order valence-corrected chi connectivity index (χ3v) is 5.32. The van der Waals surface area contributed by atoms with E-state index in [1.54, 1.807) is 16.9 Å². The van der Waals surface area contributed by atoms with E-state index in [4.69, 9.17) is 0 Å². The minimum Gasteiger partial charge on any atom is -0.478 e. The zero-order valence-corrected chi connectivity index (χ0v) is 18.3. The molecule has 0 amide bonds. The first-order chi connectivity index (χ1) is 16.0. The summed E-state index contributed by atoms with van der Waals surface area (Å²) in [7, 11) is 0. The maximum atomic E-state index is 12.7. The van der Waals surface area contributed by atoms with Crippen molar-refractivity contribution >= 4 is 11.8 Å². The molecule has 4 rings (SSSR count). The standard InChI is InChI=1S/C26H24N4O3/c1-2-14-30-24(28-25(29-30)23(31)15-18-6-4-3-5-7-18)16-19-8-10-20(11-9-19)21-12-13-27-17-22(21)26(32)33/h3-13,17H,2,14-16H2,1H3,(H,32,33). The molecule has 0 fully saturated rings. The Morgan fingerprint density at radius 2 is 1.73 bits per heavy atom. The Labute approximate surface area is 191 Å². The van der Waals surface area contributed by atoms with Gasteiger partial charge in [-0.05, 0) is 34.7 Å². The van der Waals surface area contributed by atoms with Crippen molar-refractivity contribution in [3.05, 3.63) is 101 Å². The maximum Gasteiger partial charge on any atom is 0.337 e. The molecule has 2 aromatic carbocycles. The van der Waals surface area contributed by atoms with Crippen LogP contribution < -0.4 is 0 Å². The zero-order chi connectivity index (χ0) is 23.2. The zero-order valence-electron chi connectivity index (χ0n) is 18.3. The molecule has 33 heavy (non-hydrogen) atoms. The first-order valence-electron chi connectivity index (χ1n) is 10.8. The number of aryl methyl sites for hydroxylation is 1. The van der Waals surface area contributed by atoms with Gasteiger partial charge in [-0.2, -0.15) is 0 Å². The fraction of sp³-hybridized carbons (Fsp3) is 0.192. The topological polar surface area (TPSA) is 98.0 Å². The third-order valence-electron chi connectivity index (χ3n) is 5.32. The number of carboxylic acid groups (broad SMARTS) is 1. The molecule has 7 heteroatoms. The third kappa shape index (κ3) is 5.20. The predicted molar refractivity (Wildman–Crippen MR) is 124 cm³/mol. The number of carbonyl (C=O) groups is 2. The maximum absolute atomic E-state index is 12.7. The van der Waals surface area contributed by atoms with E-state index in [2.05, 4.69) is 22.0 Å². The Balaban J connectivity index is 1.55. The largest absolute Gasteiger partial charge is 0.478 e. The van der Waals surface area contributed by atoms with Gasteiger partial charge in [0.25, 0.3) is 0 Å². The Kier molecular flexibility index (Phi) is 6.69. The van der Waals surface area contributed by atoms with E-state index in [0.29, 0.717) is 18.5 Å². The normalized spacial score (nSPS) is 10.8. The summed E-state index contributed by atoms with van der Waals surface area (Å²) in [5.41, 5.74) is 3.51. The number of benzene rings is 2. The molecular formula is C26H24N4O3. The van der Waals surface area contributed by atoms with Crippen LogP contribution >= 0.6 is 0 Å². The Morgan fingerprint density at radius 3 is 2.42 bits per heavy atom. The van der Waals surface area contributed by atoms with E-state index in [9.17, 15) is 14.7 Å². The highest BCUT2D eigenvalue weighted by Gasteiger charge is 2.17. The molecule has 0 spiro atoms. The number of rotatable bonds is 9. The van der Waals surface area contributed by atoms with E-state index in [1.807, 2.05) is 54.6 Å². The quantitative estimate of drug-likeness (QED) is 0.386. The molecule has 4 aromatic rings. The lowest BCUT2D eigenvalue weighted by atomic mass is 10.00. The van der Waals surface area contributed by atoms with Gasteiger partial charge in [0.15, 0.2) is 0 Å². The van der Waals surface area contributed by atoms with Crippen molar-refractivity contribution in [2.75, 3.05) is 0 Å². The van der Waals surface area contributed by atoms with Crippen LogP contribution in [0.5, 0.6) is 0 Å². The summed E-state index contributed by atoms with van der Waals surface area (Å²) in [5, 5.41) is 13.9. The van der Waals surface area contributed by atoms with Crippen LogP contribution in [0.25, 0.3) is 11.1 Å². The first kappa shape index (κ1) is 22.1. The number of aromatic nitrogens is 4.